The van der Waals surface area contributed by atoms with Gasteiger partial charge in [0.2, 0.25) is 0 Å². The first kappa shape index (κ1) is 28.5. The summed E-state index contributed by atoms with van der Waals surface area (Å²) in [6.45, 7) is 10.4. The molecule has 7 nitrogen and oxygen atoms in total. The SMILES string of the molecule is CCCN(CC)C1CCN(c2cc(C)c3cc(NC(=O)COc4ccc(OC(F)(F)F)cc4)ccc3n2)CC1. The molecule has 1 N–H and O–H groups in total. The number of halogens is 3. The van der Waals surface area contributed by atoms with Crippen LogP contribution >= 0.6 is 0 Å². The predicted octanol–water partition coefficient (Wildman–Crippen LogP) is 6.16. The molecule has 1 aliphatic heterocycles. The number of carbonyl (C=O) groups is 1. The van der Waals surface area contributed by atoms with Gasteiger partial charge >= 0.3 is 6.36 Å². The Morgan fingerprint density at radius 3 is 2.41 bits per heavy atom. The second-order valence-corrected chi connectivity index (χ2v) is 9.73. The molecule has 2 aromatic carbocycles. The molecule has 0 unspecified atom stereocenters. The number of rotatable bonds is 10. The van der Waals surface area contributed by atoms with Crippen molar-refractivity contribution in [2.45, 2.75) is 52.4 Å². The minimum absolute atomic E-state index is 0.252. The van der Waals surface area contributed by atoms with Gasteiger partial charge in [0.15, 0.2) is 6.61 Å². The largest absolute Gasteiger partial charge is 0.573 e. The van der Waals surface area contributed by atoms with Gasteiger partial charge in [-0.15, -0.1) is 13.2 Å². The Morgan fingerprint density at radius 2 is 1.77 bits per heavy atom. The van der Waals surface area contributed by atoms with Gasteiger partial charge in [0, 0.05) is 30.2 Å². The van der Waals surface area contributed by atoms with Crippen LogP contribution in [0.4, 0.5) is 24.7 Å². The topological polar surface area (TPSA) is 66.9 Å². The Bertz CT molecular complexity index is 1260. The van der Waals surface area contributed by atoms with E-state index < -0.39 is 6.36 Å². The number of amides is 1. The molecule has 0 radical (unpaired) electrons. The number of aryl methyl sites for hydroxylation is 1. The van der Waals surface area contributed by atoms with Crippen LogP contribution in [0.2, 0.25) is 0 Å². The molecule has 0 saturated carbocycles. The minimum Gasteiger partial charge on any atom is -0.484 e. The van der Waals surface area contributed by atoms with Crippen molar-refractivity contribution in [2.24, 2.45) is 0 Å². The molecule has 0 atom stereocenters. The van der Waals surface area contributed by atoms with Gasteiger partial charge in [-0.05, 0) is 93.4 Å². The molecule has 0 spiro atoms. The lowest BCUT2D eigenvalue weighted by atomic mass is 10.0. The lowest BCUT2D eigenvalue weighted by molar-refractivity contribution is -0.274. The van der Waals surface area contributed by atoms with E-state index in [1.165, 1.54) is 18.6 Å². The summed E-state index contributed by atoms with van der Waals surface area (Å²) in [5.41, 5.74) is 2.55. The highest BCUT2D eigenvalue weighted by atomic mass is 19.4. The van der Waals surface area contributed by atoms with Gasteiger partial charge in [-0.25, -0.2) is 4.98 Å². The number of benzene rings is 2. The standard InChI is InChI=1S/C29H35F3N4O3/c1-4-14-35(5-2)22-12-15-36(16-13-22)27-17-20(3)25-18-21(6-11-26(25)34-27)33-28(37)19-38-23-7-9-24(10-8-23)39-29(30,31)32/h6-11,17-18,22H,4-5,12-16,19H2,1-3H3,(H,33,37). The van der Waals surface area contributed by atoms with Gasteiger partial charge in [-0.3, -0.25) is 4.79 Å². The van der Waals surface area contributed by atoms with Gasteiger partial charge in [0.1, 0.15) is 17.3 Å². The van der Waals surface area contributed by atoms with Crippen LogP contribution in [-0.2, 0) is 4.79 Å². The average molecular weight is 545 g/mol. The Morgan fingerprint density at radius 1 is 1.08 bits per heavy atom. The third-order valence-electron chi connectivity index (χ3n) is 6.93. The Hall–Kier alpha value is -3.53. The van der Waals surface area contributed by atoms with Gasteiger partial charge in [-0.1, -0.05) is 13.8 Å². The molecule has 0 aliphatic carbocycles. The van der Waals surface area contributed by atoms with E-state index in [0.717, 1.165) is 73.4 Å². The van der Waals surface area contributed by atoms with Crippen molar-refractivity contribution in [1.29, 1.82) is 0 Å². The van der Waals surface area contributed by atoms with E-state index in [9.17, 15) is 18.0 Å². The molecular formula is C29H35F3N4O3. The van der Waals surface area contributed by atoms with E-state index in [0.29, 0.717) is 11.7 Å². The van der Waals surface area contributed by atoms with Crippen LogP contribution in [0.25, 0.3) is 10.9 Å². The zero-order chi connectivity index (χ0) is 28.0. The van der Waals surface area contributed by atoms with Crippen LogP contribution in [0.3, 0.4) is 0 Å². The first-order valence-corrected chi connectivity index (χ1v) is 13.3. The number of anilines is 2. The van der Waals surface area contributed by atoms with Crippen molar-refractivity contribution < 1.29 is 27.4 Å². The fraction of sp³-hybridized carbons (Fsp3) is 0.448. The molecule has 1 saturated heterocycles. The number of nitrogens with one attached hydrogen (secondary N) is 1. The average Bonchev–Trinajstić information content (AvgIpc) is 2.91. The van der Waals surface area contributed by atoms with Gasteiger partial charge in [-0.2, -0.15) is 0 Å². The fourth-order valence-corrected chi connectivity index (χ4v) is 5.05. The minimum atomic E-state index is -4.76. The number of aromatic nitrogens is 1. The lowest BCUT2D eigenvalue weighted by Crippen LogP contribution is -2.45. The normalized spacial score (nSPS) is 14.6. The third-order valence-corrected chi connectivity index (χ3v) is 6.93. The molecular weight excluding hydrogens is 509 g/mol. The van der Waals surface area contributed by atoms with Crippen LogP contribution in [0.5, 0.6) is 11.5 Å². The monoisotopic (exact) mass is 544 g/mol. The maximum absolute atomic E-state index is 12.4. The van der Waals surface area contributed by atoms with Crippen molar-refractivity contribution in [3.63, 3.8) is 0 Å². The summed E-state index contributed by atoms with van der Waals surface area (Å²) >= 11 is 0. The summed E-state index contributed by atoms with van der Waals surface area (Å²) in [6.07, 6.45) is -1.33. The number of ether oxygens (including phenoxy) is 2. The predicted molar refractivity (Wildman–Crippen MR) is 147 cm³/mol. The quantitative estimate of drug-likeness (QED) is 0.330. The first-order chi connectivity index (χ1) is 18.6. The van der Waals surface area contributed by atoms with Crippen molar-refractivity contribution in [1.82, 2.24) is 9.88 Å². The van der Waals surface area contributed by atoms with Crippen molar-refractivity contribution >= 4 is 28.3 Å². The van der Waals surface area contributed by atoms with Crippen LogP contribution in [0.15, 0.2) is 48.5 Å². The number of nitrogens with zero attached hydrogens (tertiary/aromatic N) is 3. The number of piperidine rings is 1. The summed E-state index contributed by atoms with van der Waals surface area (Å²) in [5, 5.41) is 3.75. The zero-order valence-electron chi connectivity index (χ0n) is 22.6. The summed E-state index contributed by atoms with van der Waals surface area (Å²) < 4.78 is 46.1. The number of hydrogen-bond donors (Lipinski definition) is 1. The van der Waals surface area contributed by atoms with Crippen molar-refractivity contribution in [3.05, 3.63) is 54.1 Å². The van der Waals surface area contributed by atoms with Crippen LogP contribution in [0.1, 0.15) is 38.7 Å². The smallest absolute Gasteiger partial charge is 0.484 e. The van der Waals surface area contributed by atoms with Crippen molar-refractivity contribution in [2.75, 3.05) is 43.0 Å². The molecule has 2 heterocycles. The zero-order valence-corrected chi connectivity index (χ0v) is 22.6. The summed E-state index contributed by atoms with van der Waals surface area (Å²) in [4.78, 5) is 22.3. The lowest BCUT2D eigenvalue weighted by Gasteiger charge is -2.38. The highest BCUT2D eigenvalue weighted by Crippen LogP contribution is 2.28. The van der Waals surface area contributed by atoms with E-state index in [1.807, 2.05) is 19.1 Å². The van der Waals surface area contributed by atoms with Crippen LogP contribution in [0, 0.1) is 6.92 Å². The van der Waals surface area contributed by atoms with Gasteiger partial charge in [0.05, 0.1) is 5.52 Å². The summed E-state index contributed by atoms with van der Waals surface area (Å²) in [7, 11) is 0. The number of alkyl halides is 3. The van der Waals surface area contributed by atoms with Gasteiger partial charge in [0.25, 0.3) is 5.91 Å². The molecule has 210 valence electrons. The Kier molecular flexibility index (Phi) is 9.16. The number of fused-ring (bicyclic) bond motifs is 1. The second-order valence-electron chi connectivity index (χ2n) is 9.73. The highest BCUT2D eigenvalue weighted by molar-refractivity contribution is 5.95. The highest BCUT2D eigenvalue weighted by Gasteiger charge is 2.31. The third kappa shape index (κ3) is 7.75. The molecule has 0 bridgehead atoms. The number of hydrogen-bond acceptors (Lipinski definition) is 6. The maximum Gasteiger partial charge on any atom is 0.573 e. The Balaban J connectivity index is 1.34. The molecule has 3 aromatic rings. The van der Waals surface area contributed by atoms with Crippen molar-refractivity contribution in [3.8, 4) is 11.5 Å². The van der Waals surface area contributed by atoms with Crippen LogP contribution in [-0.4, -0.2) is 61.0 Å². The van der Waals surface area contributed by atoms with E-state index in [4.69, 9.17) is 9.72 Å². The molecule has 4 rings (SSSR count). The molecule has 1 amide bonds. The first-order valence-electron chi connectivity index (χ1n) is 13.3. The van der Waals surface area contributed by atoms with E-state index >= 15 is 0 Å². The molecule has 1 aromatic heterocycles. The molecule has 1 aliphatic rings. The number of carbonyl (C=O) groups excluding carboxylic acids is 1. The van der Waals surface area contributed by atoms with Crippen LogP contribution < -0.4 is 19.7 Å². The number of pyridine rings is 1. The molecule has 10 heteroatoms. The Labute approximate surface area is 226 Å². The van der Waals surface area contributed by atoms with E-state index in [1.54, 1.807) is 6.07 Å². The van der Waals surface area contributed by atoms with Gasteiger partial charge < -0.3 is 24.6 Å². The van der Waals surface area contributed by atoms with E-state index in [-0.39, 0.29) is 24.0 Å². The second kappa shape index (κ2) is 12.5. The maximum atomic E-state index is 12.4. The fourth-order valence-electron chi connectivity index (χ4n) is 5.05. The molecule has 1 fully saturated rings. The summed E-state index contributed by atoms with van der Waals surface area (Å²) in [5.74, 6) is 0.484. The molecule has 39 heavy (non-hydrogen) atoms. The summed E-state index contributed by atoms with van der Waals surface area (Å²) in [6, 6.07) is 13.2. The van der Waals surface area contributed by atoms with E-state index in [2.05, 4.69) is 39.8 Å².